The van der Waals surface area contributed by atoms with Gasteiger partial charge in [-0.2, -0.15) is 0 Å². The minimum absolute atomic E-state index is 0.0542. The fraction of sp³-hybridized carbons (Fsp3) is 0.467. The molecule has 9 nitrogen and oxygen atoms in total. The molecule has 1 fully saturated rings. The van der Waals surface area contributed by atoms with E-state index in [1.165, 1.54) is 29.2 Å². The number of amides is 1. The third-order valence-electron chi connectivity index (χ3n) is 3.83. The number of ether oxygens (including phenoxy) is 1. The molecule has 9 heteroatoms. The predicted molar refractivity (Wildman–Crippen MR) is 81.3 cm³/mol. The summed E-state index contributed by atoms with van der Waals surface area (Å²) in [5.74, 6) is -0.962. The first-order valence-corrected chi connectivity index (χ1v) is 7.43. The molecule has 24 heavy (non-hydrogen) atoms. The van der Waals surface area contributed by atoms with E-state index in [-0.39, 0.29) is 37.7 Å². The van der Waals surface area contributed by atoms with Crippen molar-refractivity contribution in [1.29, 1.82) is 0 Å². The maximum Gasteiger partial charge on any atom is 0.410 e. The van der Waals surface area contributed by atoms with Crippen LogP contribution in [-0.4, -0.2) is 50.8 Å². The summed E-state index contributed by atoms with van der Waals surface area (Å²) in [6.45, 7) is 0.0401. The van der Waals surface area contributed by atoms with Gasteiger partial charge in [0.05, 0.1) is 17.6 Å². The monoisotopic (exact) mass is 338 g/mol. The zero-order valence-corrected chi connectivity index (χ0v) is 12.8. The lowest BCUT2D eigenvalue weighted by Crippen LogP contribution is -2.36. The first-order valence-electron chi connectivity index (χ1n) is 7.43. The molecule has 130 valence electrons. The minimum Gasteiger partial charge on any atom is -0.481 e. The number of aliphatic hydroxyl groups is 1. The molecular weight excluding hydrogens is 320 g/mol. The number of nitrogens with zero attached hydrogens (tertiary/aromatic N) is 2. The van der Waals surface area contributed by atoms with Gasteiger partial charge in [-0.15, -0.1) is 0 Å². The van der Waals surface area contributed by atoms with E-state index in [1.54, 1.807) is 0 Å². The Morgan fingerprint density at radius 3 is 2.58 bits per heavy atom. The number of aliphatic hydroxyl groups excluding tert-OH is 1. The summed E-state index contributed by atoms with van der Waals surface area (Å²) in [5.41, 5.74) is 0.539. The highest BCUT2D eigenvalue weighted by Gasteiger charge is 2.35. The van der Waals surface area contributed by atoms with E-state index in [4.69, 9.17) is 9.84 Å². The van der Waals surface area contributed by atoms with Crippen molar-refractivity contribution in [2.24, 2.45) is 0 Å². The number of nitro benzene ring substituents is 1. The number of carbonyl (C=O) groups is 2. The van der Waals surface area contributed by atoms with Gasteiger partial charge in [0.25, 0.3) is 5.69 Å². The van der Waals surface area contributed by atoms with Crippen LogP contribution in [0.15, 0.2) is 24.3 Å². The van der Waals surface area contributed by atoms with Crippen molar-refractivity contribution < 1.29 is 29.5 Å². The highest BCUT2D eigenvalue weighted by molar-refractivity contribution is 5.69. The Morgan fingerprint density at radius 2 is 2.00 bits per heavy atom. The number of likely N-dealkylation sites (tertiary alicyclic amines) is 1. The Balaban J connectivity index is 1.90. The van der Waals surface area contributed by atoms with Gasteiger partial charge in [-0.05, 0) is 30.5 Å². The first-order chi connectivity index (χ1) is 11.4. The van der Waals surface area contributed by atoms with Crippen LogP contribution in [0.4, 0.5) is 10.5 Å². The van der Waals surface area contributed by atoms with Crippen LogP contribution in [0.3, 0.4) is 0 Å². The van der Waals surface area contributed by atoms with Gasteiger partial charge in [0.1, 0.15) is 6.61 Å². The summed E-state index contributed by atoms with van der Waals surface area (Å²) in [5, 5.41) is 29.0. The van der Waals surface area contributed by atoms with Crippen molar-refractivity contribution in [3.05, 3.63) is 39.9 Å². The predicted octanol–water partition coefficient (Wildman–Crippen LogP) is 1.53. The van der Waals surface area contributed by atoms with Crippen LogP contribution in [0.1, 0.15) is 24.8 Å². The van der Waals surface area contributed by atoms with E-state index in [2.05, 4.69) is 0 Å². The van der Waals surface area contributed by atoms with Crippen molar-refractivity contribution in [2.45, 2.75) is 38.0 Å². The molecule has 0 bridgehead atoms. The minimum atomic E-state index is -0.962. The van der Waals surface area contributed by atoms with E-state index in [0.717, 1.165) is 0 Å². The maximum absolute atomic E-state index is 12.1. The lowest BCUT2D eigenvalue weighted by molar-refractivity contribution is -0.384. The maximum atomic E-state index is 12.1. The summed E-state index contributed by atoms with van der Waals surface area (Å²) in [6, 6.07) is 5.25. The van der Waals surface area contributed by atoms with Crippen LogP contribution in [0.5, 0.6) is 0 Å². The fourth-order valence-corrected chi connectivity index (χ4v) is 2.62. The van der Waals surface area contributed by atoms with Crippen LogP contribution < -0.4 is 0 Å². The molecule has 1 aromatic carbocycles. The van der Waals surface area contributed by atoms with E-state index < -0.39 is 23.1 Å². The molecule has 2 rings (SSSR count). The van der Waals surface area contributed by atoms with Crippen molar-refractivity contribution >= 4 is 17.7 Å². The number of hydrogen-bond acceptors (Lipinski definition) is 6. The molecule has 0 aromatic heterocycles. The van der Waals surface area contributed by atoms with E-state index >= 15 is 0 Å². The average molecular weight is 338 g/mol. The van der Waals surface area contributed by atoms with Crippen LogP contribution >= 0.6 is 0 Å². The third kappa shape index (κ3) is 4.66. The van der Waals surface area contributed by atoms with Crippen LogP contribution in [0.25, 0.3) is 0 Å². The molecule has 1 aliphatic heterocycles. The summed E-state index contributed by atoms with van der Waals surface area (Å²) >= 11 is 0. The molecule has 0 spiro atoms. The molecule has 0 saturated carbocycles. The van der Waals surface area contributed by atoms with Gasteiger partial charge in [-0.25, -0.2) is 4.79 Å². The number of β-amino-alcohol motifs (C(OH)–C–C–N with tert-alkyl or cyclic N) is 1. The van der Waals surface area contributed by atoms with Gasteiger partial charge < -0.3 is 19.8 Å². The lowest BCUT2D eigenvalue weighted by atomic mass is 10.1. The number of carboxylic acids is 1. The Labute approximate surface area is 137 Å². The average Bonchev–Trinajstić information content (AvgIpc) is 2.92. The summed E-state index contributed by atoms with van der Waals surface area (Å²) in [6.07, 6.45) is -0.862. The Bertz CT molecular complexity index is 617. The van der Waals surface area contributed by atoms with Crippen LogP contribution in [-0.2, 0) is 16.1 Å². The third-order valence-corrected chi connectivity index (χ3v) is 3.83. The summed E-state index contributed by atoms with van der Waals surface area (Å²) in [4.78, 5) is 34.2. The number of carboxylic acid groups (broad SMARTS) is 1. The number of nitro groups is 1. The number of benzene rings is 1. The Hall–Kier alpha value is -2.68. The molecule has 1 saturated heterocycles. The number of hydrogen-bond donors (Lipinski definition) is 2. The van der Waals surface area contributed by atoms with Crippen molar-refractivity contribution in [3.8, 4) is 0 Å². The molecule has 2 atom stereocenters. The van der Waals surface area contributed by atoms with Gasteiger partial charge in [0, 0.05) is 24.6 Å². The molecule has 0 aliphatic carbocycles. The standard InChI is InChI=1S/C15H18N2O7/c18-13-7-12(5-6-14(19)20)16(8-13)15(21)24-9-10-1-3-11(4-2-10)17(22)23/h1-4,12-13,18H,5-9H2,(H,19,20)/t12-,13-/m1/s1. The molecular formula is C15H18N2O7. The zero-order chi connectivity index (χ0) is 17.7. The first kappa shape index (κ1) is 17.7. The second kappa shape index (κ2) is 7.73. The van der Waals surface area contributed by atoms with Crippen molar-refractivity contribution in [1.82, 2.24) is 4.90 Å². The van der Waals surface area contributed by atoms with Gasteiger partial charge in [-0.3, -0.25) is 14.9 Å². The number of rotatable bonds is 6. The quantitative estimate of drug-likeness (QED) is 0.594. The Kier molecular flexibility index (Phi) is 5.69. The topological polar surface area (TPSA) is 130 Å². The van der Waals surface area contributed by atoms with Gasteiger partial charge in [-0.1, -0.05) is 0 Å². The normalized spacial score (nSPS) is 20.0. The molecule has 1 aromatic rings. The molecule has 1 heterocycles. The van der Waals surface area contributed by atoms with E-state index in [0.29, 0.717) is 12.0 Å². The second-order valence-electron chi connectivity index (χ2n) is 5.61. The van der Waals surface area contributed by atoms with Gasteiger partial charge in [0.2, 0.25) is 0 Å². The highest BCUT2D eigenvalue weighted by atomic mass is 16.6. The summed E-state index contributed by atoms with van der Waals surface area (Å²) < 4.78 is 5.16. The fourth-order valence-electron chi connectivity index (χ4n) is 2.62. The second-order valence-corrected chi connectivity index (χ2v) is 5.61. The Morgan fingerprint density at radius 1 is 1.33 bits per heavy atom. The van der Waals surface area contributed by atoms with E-state index in [1.807, 2.05) is 0 Å². The van der Waals surface area contributed by atoms with Crippen molar-refractivity contribution in [3.63, 3.8) is 0 Å². The number of non-ortho nitro benzene ring substituents is 1. The lowest BCUT2D eigenvalue weighted by Gasteiger charge is -2.23. The molecule has 0 unspecified atom stereocenters. The zero-order valence-electron chi connectivity index (χ0n) is 12.8. The smallest absolute Gasteiger partial charge is 0.410 e. The van der Waals surface area contributed by atoms with Crippen molar-refractivity contribution in [2.75, 3.05) is 6.54 Å². The van der Waals surface area contributed by atoms with Gasteiger partial charge in [0.15, 0.2) is 0 Å². The van der Waals surface area contributed by atoms with E-state index in [9.17, 15) is 24.8 Å². The SMILES string of the molecule is O=C(O)CC[C@@H]1C[C@@H](O)CN1C(=O)OCc1ccc([N+](=O)[O-])cc1. The molecule has 0 radical (unpaired) electrons. The van der Waals surface area contributed by atoms with Crippen LogP contribution in [0.2, 0.25) is 0 Å². The number of aliphatic carboxylic acids is 1. The van der Waals surface area contributed by atoms with Gasteiger partial charge >= 0.3 is 12.1 Å². The molecule has 2 N–H and O–H groups in total. The summed E-state index contributed by atoms with van der Waals surface area (Å²) in [7, 11) is 0. The van der Waals surface area contributed by atoms with Crippen LogP contribution in [0, 0.1) is 10.1 Å². The molecule has 1 amide bonds. The highest BCUT2D eigenvalue weighted by Crippen LogP contribution is 2.23. The molecule has 1 aliphatic rings. The number of carbonyl (C=O) groups excluding carboxylic acids is 1. The largest absolute Gasteiger partial charge is 0.481 e.